The zero-order valence-electron chi connectivity index (χ0n) is 10.6. The highest BCUT2D eigenvalue weighted by atomic mass is 35.5. The van der Waals surface area contributed by atoms with Crippen molar-refractivity contribution in [2.75, 3.05) is 5.32 Å². The fourth-order valence-corrected chi connectivity index (χ4v) is 1.95. The van der Waals surface area contributed by atoms with Crippen LogP contribution in [0.1, 0.15) is 26.3 Å². The van der Waals surface area contributed by atoms with Gasteiger partial charge in [0.25, 0.3) is 5.91 Å². The van der Waals surface area contributed by atoms with Crippen molar-refractivity contribution in [2.24, 2.45) is 0 Å². The predicted octanol–water partition coefficient (Wildman–Crippen LogP) is 2.99. The number of carboxylic acids is 1. The molecule has 0 unspecified atom stereocenters. The molecule has 2 rings (SSSR count). The number of benzene rings is 1. The van der Waals surface area contributed by atoms with E-state index in [2.05, 4.69) is 10.3 Å². The number of halogens is 1. The molecule has 6 heteroatoms. The van der Waals surface area contributed by atoms with E-state index in [0.717, 1.165) is 5.56 Å². The fourth-order valence-electron chi connectivity index (χ4n) is 1.63. The van der Waals surface area contributed by atoms with Gasteiger partial charge in [0, 0.05) is 6.20 Å². The maximum absolute atomic E-state index is 12.1. The number of aryl methyl sites for hydroxylation is 1. The third kappa shape index (κ3) is 3.13. The normalized spacial score (nSPS) is 10.1. The van der Waals surface area contributed by atoms with Crippen molar-refractivity contribution in [3.63, 3.8) is 0 Å². The van der Waals surface area contributed by atoms with E-state index in [4.69, 9.17) is 16.7 Å². The van der Waals surface area contributed by atoms with Crippen LogP contribution in [0.25, 0.3) is 0 Å². The molecule has 0 saturated heterocycles. The molecule has 2 N–H and O–H groups in total. The summed E-state index contributed by atoms with van der Waals surface area (Å²) in [4.78, 5) is 26.6. The second kappa shape index (κ2) is 5.71. The summed E-state index contributed by atoms with van der Waals surface area (Å²) in [6, 6.07) is 6.39. The minimum Gasteiger partial charge on any atom is -0.478 e. The average Bonchev–Trinajstić information content (AvgIpc) is 2.38. The quantitative estimate of drug-likeness (QED) is 0.911. The molecule has 0 bridgehead atoms. The second-order valence-corrected chi connectivity index (χ2v) is 4.61. The Balaban J connectivity index is 2.23. The van der Waals surface area contributed by atoms with E-state index in [9.17, 15) is 9.59 Å². The zero-order chi connectivity index (χ0) is 14.7. The molecule has 0 saturated carbocycles. The van der Waals surface area contributed by atoms with Gasteiger partial charge in [-0.1, -0.05) is 17.7 Å². The molecule has 0 spiro atoms. The first-order valence-electron chi connectivity index (χ1n) is 5.73. The van der Waals surface area contributed by atoms with E-state index >= 15 is 0 Å². The van der Waals surface area contributed by atoms with Crippen LogP contribution in [-0.4, -0.2) is 22.0 Å². The number of carbonyl (C=O) groups is 2. The van der Waals surface area contributed by atoms with Gasteiger partial charge in [-0.05, 0) is 30.7 Å². The zero-order valence-corrected chi connectivity index (χ0v) is 11.3. The first-order chi connectivity index (χ1) is 9.47. The van der Waals surface area contributed by atoms with Gasteiger partial charge in [-0.2, -0.15) is 0 Å². The number of hydrogen-bond donors (Lipinski definition) is 2. The minimum absolute atomic E-state index is 0.00203. The molecule has 1 heterocycles. The number of aromatic nitrogens is 1. The Morgan fingerprint density at radius 1 is 1.25 bits per heavy atom. The number of carbonyl (C=O) groups excluding carboxylic acids is 1. The molecule has 0 atom stereocenters. The Labute approximate surface area is 120 Å². The van der Waals surface area contributed by atoms with E-state index in [1.807, 2.05) is 6.92 Å². The molecule has 0 aliphatic heterocycles. The summed E-state index contributed by atoms with van der Waals surface area (Å²) < 4.78 is 0. The summed E-state index contributed by atoms with van der Waals surface area (Å²) in [5, 5.41) is 11.8. The predicted molar refractivity (Wildman–Crippen MR) is 75.3 cm³/mol. The molecule has 0 radical (unpaired) electrons. The van der Waals surface area contributed by atoms with Crippen LogP contribution in [0.5, 0.6) is 0 Å². The number of anilines is 1. The van der Waals surface area contributed by atoms with Crippen molar-refractivity contribution < 1.29 is 14.7 Å². The van der Waals surface area contributed by atoms with Crippen molar-refractivity contribution in [1.29, 1.82) is 0 Å². The molecule has 0 aliphatic carbocycles. The monoisotopic (exact) mass is 290 g/mol. The first-order valence-corrected chi connectivity index (χ1v) is 6.11. The summed E-state index contributed by atoms with van der Waals surface area (Å²) in [5.41, 5.74) is 1.56. The molecule has 1 amide bonds. The highest BCUT2D eigenvalue weighted by Crippen LogP contribution is 2.19. The van der Waals surface area contributed by atoms with Gasteiger partial charge < -0.3 is 10.4 Å². The van der Waals surface area contributed by atoms with Gasteiger partial charge in [0.2, 0.25) is 0 Å². The standard InChI is InChI=1S/C14H11ClN2O3/c1-8-2-3-11(12(15)4-8)13(18)17-10-5-9(14(19)20)6-16-7-10/h2-7H,1H3,(H,17,18)(H,19,20). The van der Waals surface area contributed by atoms with E-state index in [0.29, 0.717) is 16.3 Å². The van der Waals surface area contributed by atoms with Crippen LogP contribution < -0.4 is 5.32 Å². The van der Waals surface area contributed by atoms with Crippen LogP contribution in [0.4, 0.5) is 5.69 Å². The summed E-state index contributed by atoms with van der Waals surface area (Å²) >= 11 is 6.00. The smallest absolute Gasteiger partial charge is 0.337 e. The Bertz CT molecular complexity index is 686. The van der Waals surface area contributed by atoms with Gasteiger partial charge in [-0.15, -0.1) is 0 Å². The van der Waals surface area contributed by atoms with Crippen LogP contribution in [-0.2, 0) is 0 Å². The van der Waals surface area contributed by atoms with E-state index in [1.54, 1.807) is 18.2 Å². The maximum Gasteiger partial charge on any atom is 0.337 e. The van der Waals surface area contributed by atoms with Crippen molar-refractivity contribution >= 4 is 29.2 Å². The molecule has 1 aromatic carbocycles. The van der Waals surface area contributed by atoms with Gasteiger partial charge in [0.05, 0.1) is 28.0 Å². The lowest BCUT2D eigenvalue weighted by Gasteiger charge is -2.07. The van der Waals surface area contributed by atoms with Crippen LogP contribution in [0.3, 0.4) is 0 Å². The van der Waals surface area contributed by atoms with E-state index < -0.39 is 11.9 Å². The molecule has 0 fully saturated rings. The molecule has 0 aliphatic rings. The van der Waals surface area contributed by atoms with Crippen molar-refractivity contribution in [2.45, 2.75) is 6.92 Å². The number of pyridine rings is 1. The Hall–Kier alpha value is -2.40. The number of hydrogen-bond acceptors (Lipinski definition) is 3. The molecular weight excluding hydrogens is 280 g/mol. The third-order valence-corrected chi connectivity index (χ3v) is 2.92. The summed E-state index contributed by atoms with van der Waals surface area (Å²) in [6.07, 6.45) is 2.57. The van der Waals surface area contributed by atoms with Gasteiger partial charge in [0.15, 0.2) is 0 Å². The second-order valence-electron chi connectivity index (χ2n) is 4.20. The summed E-state index contributed by atoms with van der Waals surface area (Å²) in [6.45, 7) is 1.87. The fraction of sp³-hybridized carbons (Fsp3) is 0.0714. The van der Waals surface area contributed by atoms with E-state index in [1.165, 1.54) is 18.5 Å². The number of aromatic carboxylic acids is 1. The number of amides is 1. The lowest BCUT2D eigenvalue weighted by molar-refractivity contribution is 0.0696. The van der Waals surface area contributed by atoms with Gasteiger partial charge in [0.1, 0.15) is 0 Å². The summed E-state index contributed by atoms with van der Waals surface area (Å²) in [7, 11) is 0. The topological polar surface area (TPSA) is 79.3 Å². The molecular formula is C14H11ClN2O3. The van der Waals surface area contributed by atoms with Crippen molar-refractivity contribution in [3.8, 4) is 0 Å². The highest BCUT2D eigenvalue weighted by molar-refractivity contribution is 6.34. The van der Waals surface area contributed by atoms with Crippen molar-refractivity contribution in [3.05, 3.63) is 58.4 Å². The first kappa shape index (κ1) is 14.0. The van der Waals surface area contributed by atoms with Crippen LogP contribution in [0.15, 0.2) is 36.7 Å². The molecule has 102 valence electrons. The van der Waals surface area contributed by atoms with Gasteiger partial charge in [-0.25, -0.2) is 4.79 Å². The van der Waals surface area contributed by atoms with Crippen LogP contribution >= 0.6 is 11.6 Å². The largest absolute Gasteiger partial charge is 0.478 e. The molecule has 5 nitrogen and oxygen atoms in total. The number of nitrogens with one attached hydrogen (secondary N) is 1. The lowest BCUT2D eigenvalue weighted by Crippen LogP contribution is -2.13. The number of rotatable bonds is 3. The van der Waals surface area contributed by atoms with Crippen LogP contribution in [0, 0.1) is 6.92 Å². The molecule has 1 aromatic heterocycles. The number of nitrogens with zero attached hydrogens (tertiary/aromatic N) is 1. The highest BCUT2D eigenvalue weighted by Gasteiger charge is 2.12. The minimum atomic E-state index is -1.11. The summed E-state index contributed by atoms with van der Waals surface area (Å²) in [5.74, 6) is -1.53. The third-order valence-electron chi connectivity index (χ3n) is 2.61. The SMILES string of the molecule is Cc1ccc(C(=O)Nc2cncc(C(=O)O)c2)c(Cl)c1. The van der Waals surface area contributed by atoms with Gasteiger partial charge in [-0.3, -0.25) is 9.78 Å². The Morgan fingerprint density at radius 3 is 2.65 bits per heavy atom. The Kier molecular flexibility index (Phi) is 4.00. The maximum atomic E-state index is 12.1. The van der Waals surface area contributed by atoms with Gasteiger partial charge >= 0.3 is 5.97 Å². The van der Waals surface area contributed by atoms with E-state index in [-0.39, 0.29) is 5.56 Å². The lowest BCUT2D eigenvalue weighted by atomic mass is 10.1. The van der Waals surface area contributed by atoms with Crippen LogP contribution in [0.2, 0.25) is 5.02 Å². The Morgan fingerprint density at radius 2 is 2.00 bits per heavy atom. The van der Waals surface area contributed by atoms with Crippen molar-refractivity contribution in [1.82, 2.24) is 4.98 Å². The number of carboxylic acid groups (broad SMARTS) is 1. The molecule has 2 aromatic rings. The molecule has 20 heavy (non-hydrogen) atoms. The average molecular weight is 291 g/mol.